The fourth-order valence-corrected chi connectivity index (χ4v) is 4.97. The third-order valence-electron chi connectivity index (χ3n) is 5.38. The Morgan fingerprint density at radius 1 is 0.697 bits per heavy atom. The first-order valence-electron chi connectivity index (χ1n) is 10.8. The Bertz CT molecular complexity index is 1250. The summed E-state index contributed by atoms with van der Waals surface area (Å²) >= 11 is 0. The lowest BCUT2D eigenvalue weighted by Crippen LogP contribution is -2.30. The summed E-state index contributed by atoms with van der Waals surface area (Å²) in [6.07, 6.45) is 1.92. The van der Waals surface area contributed by atoms with E-state index in [-0.39, 0.29) is 12.0 Å². The monoisotopic (exact) mass is 447 g/mol. The Balaban J connectivity index is 1.88. The summed E-state index contributed by atoms with van der Waals surface area (Å²) in [5, 5.41) is 0. The molecule has 0 aliphatic heterocycles. The number of rotatable bonds is 7. The molecule has 3 atom stereocenters. The van der Waals surface area contributed by atoms with E-state index < -0.39 is 11.0 Å². The molecule has 0 spiro atoms. The molecule has 0 saturated carbocycles. The zero-order valence-corrected chi connectivity index (χ0v) is 19.1. The van der Waals surface area contributed by atoms with Gasteiger partial charge in [0.1, 0.15) is 0 Å². The molecule has 0 aliphatic carbocycles. The van der Waals surface area contributed by atoms with Crippen molar-refractivity contribution in [3.05, 3.63) is 151 Å². The van der Waals surface area contributed by atoms with Crippen LogP contribution in [0.4, 0.5) is 0 Å². The van der Waals surface area contributed by atoms with Crippen LogP contribution in [0.1, 0.15) is 28.7 Å². The van der Waals surface area contributed by atoms with Crippen LogP contribution < -0.4 is 0 Å². The summed E-state index contributed by atoms with van der Waals surface area (Å²) in [6, 6.07) is 42.5. The summed E-state index contributed by atoms with van der Waals surface area (Å²) < 4.78 is 15.7. The molecule has 0 aromatic heterocycles. The third-order valence-corrected chi connectivity index (χ3v) is 6.73. The molecule has 0 saturated heterocycles. The molecule has 0 radical (unpaired) electrons. The fourth-order valence-electron chi connectivity index (χ4n) is 3.77. The van der Waals surface area contributed by atoms with Gasteiger partial charge in [-0.2, -0.15) is 0 Å². The maximum Gasteiger partial charge on any atom is 0.160 e. The van der Waals surface area contributed by atoms with Crippen molar-refractivity contribution in [1.82, 2.24) is 4.31 Å². The van der Waals surface area contributed by atoms with Gasteiger partial charge in [0, 0.05) is 17.5 Å². The van der Waals surface area contributed by atoms with E-state index in [0.717, 1.165) is 16.7 Å². The average Bonchev–Trinajstić information content (AvgIpc) is 2.90. The first kappa shape index (κ1) is 22.3. The Labute approximate surface area is 198 Å². The highest BCUT2D eigenvalue weighted by Crippen LogP contribution is 2.38. The quantitative estimate of drug-likeness (QED) is 0.175. The lowest BCUT2D eigenvalue weighted by Gasteiger charge is -2.33. The van der Waals surface area contributed by atoms with E-state index in [1.54, 1.807) is 4.31 Å². The van der Waals surface area contributed by atoms with Gasteiger partial charge in [-0.25, -0.2) is 8.51 Å². The highest BCUT2D eigenvalue weighted by atomic mass is 32.2. The number of hydrogen-bond donors (Lipinski definition) is 0. The lowest BCUT2D eigenvalue weighted by molar-refractivity contribution is 0.419. The molecule has 4 aromatic carbocycles. The van der Waals surface area contributed by atoms with Crippen LogP contribution >= 0.6 is 0 Å². The van der Waals surface area contributed by atoms with Crippen molar-refractivity contribution in [1.29, 1.82) is 0 Å². The van der Waals surface area contributed by atoms with Crippen molar-refractivity contribution in [2.24, 2.45) is 0 Å². The predicted octanol–water partition coefficient (Wildman–Crippen LogP) is 6.73. The number of benzene rings is 4. The standard InChI is InChI=1S/C30H25NOS/c1-2-29(26-17-9-4-10-18-26)30(27-19-11-5-12-20-27)31(24-23-25-15-7-3-8-16-25)33(32)28-21-13-6-14-22-28/h2-22,29-30H,1H2. The Kier molecular flexibility index (Phi) is 7.53. The summed E-state index contributed by atoms with van der Waals surface area (Å²) in [5.41, 5.74) is 2.99. The molecule has 0 aliphatic rings. The van der Waals surface area contributed by atoms with Gasteiger partial charge in [-0.1, -0.05) is 103 Å². The molecular weight excluding hydrogens is 422 g/mol. The second kappa shape index (κ2) is 11.1. The largest absolute Gasteiger partial charge is 0.237 e. The van der Waals surface area contributed by atoms with Gasteiger partial charge < -0.3 is 0 Å². The van der Waals surface area contributed by atoms with Gasteiger partial charge >= 0.3 is 0 Å². The van der Waals surface area contributed by atoms with Crippen LogP contribution in [0.25, 0.3) is 0 Å². The molecule has 0 amide bonds. The minimum absolute atomic E-state index is 0.119. The molecule has 0 N–H and O–H groups in total. The Morgan fingerprint density at radius 2 is 1.18 bits per heavy atom. The summed E-state index contributed by atoms with van der Waals surface area (Å²) in [6.45, 7) is 4.14. The Morgan fingerprint density at radius 3 is 1.73 bits per heavy atom. The lowest BCUT2D eigenvalue weighted by atomic mass is 9.87. The van der Waals surface area contributed by atoms with Crippen molar-refractivity contribution >= 4 is 11.0 Å². The zero-order chi connectivity index (χ0) is 22.9. The van der Waals surface area contributed by atoms with Crippen LogP contribution in [0.2, 0.25) is 0 Å². The van der Waals surface area contributed by atoms with Crippen molar-refractivity contribution in [3.63, 3.8) is 0 Å². The van der Waals surface area contributed by atoms with E-state index in [1.807, 2.05) is 103 Å². The first-order valence-corrected chi connectivity index (χ1v) is 11.9. The van der Waals surface area contributed by atoms with E-state index in [1.165, 1.54) is 0 Å². The first-order chi connectivity index (χ1) is 16.3. The van der Waals surface area contributed by atoms with Crippen LogP contribution in [-0.2, 0) is 11.0 Å². The van der Waals surface area contributed by atoms with Crippen LogP contribution in [-0.4, -0.2) is 8.51 Å². The summed E-state index contributed by atoms with van der Waals surface area (Å²) in [7, 11) is -1.51. The maximum absolute atomic E-state index is 13.9. The third kappa shape index (κ3) is 5.49. The van der Waals surface area contributed by atoms with E-state index in [9.17, 15) is 4.21 Å². The molecule has 0 heterocycles. The second-order valence-electron chi connectivity index (χ2n) is 7.52. The van der Waals surface area contributed by atoms with Gasteiger partial charge in [-0.05, 0) is 41.3 Å². The SMILES string of the molecule is C=CC(c1ccccc1)C(c1ccccc1)N(C#Cc1ccccc1)S(=O)c1ccccc1. The zero-order valence-electron chi connectivity index (χ0n) is 18.2. The maximum atomic E-state index is 13.9. The van der Waals surface area contributed by atoms with Crippen LogP contribution in [0.3, 0.4) is 0 Å². The van der Waals surface area contributed by atoms with E-state index in [0.29, 0.717) is 4.90 Å². The van der Waals surface area contributed by atoms with Crippen LogP contribution in [0, 0.1) is 12.0 Å². The van der Waals surface area contributed by atoms with E-state index >= 15 is 0 Å². The van der Waals surface area contributed by atoms with Gasteiger partial charge in [-0.3, -0.25) is 0 Å². The number of nitrogens with zero attached hydrogens (tertiary/aromatic N) is 1. The van der Waals surface area contributed by atoms with Crippen molar-refractivity contribution in [2.45, 2.75) is 16.9 Å². The minimum Gasteiger partial charge on any atom is -0.237 e. The van der Waals surface area contributed by atoms with Gasteiger partial charge in [0.2, 0.25) is 0 Å². The minimum atomic E-state index is -1.51. The normalized spacial score (nSPS) is 13.1. The van der Waals surface area contributed by atoms with Crippen molar-refractivity contribution in [3.8, 4) is 12.0 Å². The molecule has 2 nitrogen and oxygen atoms in total. The van der Waals surface area contributed by atoms with E-state index in [4.69, 9.17) is 0 Å². The second-order valence-corrected chi connectivity index (χ2v) is 8.88. The van der Waals surface area contributed by atoms with Crippen LogP contribution in [0.15, 0.2) is 139 Å². The predicted molar refractivity (Wildman–Crippen MR) is 137 cm³/mol. The highest BCUT2D eigenvalue weighted by Gasteiger charge is 2.31. The molecule has 33 heavy (non-hydrogen) atoms. The van der Waals surface area contributed by atoms with Crippen molar-refractivity contribution < 1.29 is 4.21 Å². The summed E-state index contributed by atoms with van der Waals surface area (Å²) in [4.78, 5) is 0.705. The Hall–Kier alpha value is -3.87. The molecule has 0 bridgehead atoms. The molecule has 4 aromatic rings. The molecule has 0 fully saturated rings. The van der Waals surface area contributed by atoms with Gasteiger partial charge in [-0.15, -0.1) is 6.58 Å². The molecule has 162 valence electrons. The fraction of sp³-hybridized carbons (Fsp3) is 0.0667. The van der Waals surface area contributed by atoms with Crippen LogP contribution in [0.5, 0.6) is 0 Å². The van der Waals surface area contributed by atoms with Crippen molar-refractivity contribution in [2.75, 3.05) is 0 Å². The average molecular weight is 448 g/mol. The van der Waals surface area contributed by atoms with Gasteiger partial charge in [0.15, 0.2) is 11.0 Å². The molecule has 3 heteroatoms. The smallest absolute Gasteiger partial charge is 0.160 e. The summed E-state index contributed by atoms with van der Waals surface area (Å²) in [5.74, 6) is 3.11. The highest BCUT2D eigenvalue weighted by molar-refractivity contribution is 7.82. The van der Waals surface area contributed by atoms with E-state index in [2.05, 4.69) is 42.8 Å². The topological polar surface area (TPSA) is 20.3 Å². The molecular formula is C30H25NOS. The molecule has 3 unspecified atom stereocenters. The van der Waals surface area contributed by atoms with Gasteiger partial charge in [0.05, 0.1) is 10.9 Å². The molecule has 4 rings (SSSR count). The van der Waals surface area contributed by atoms with Gasteiger partial charge in [0.25, 0.3) is 0 Å². The number of hydrogen-bond acceptors (Lipinski definition) is 1.